The van der Waals surface area contributed by atoms with Gasteiger partial charge in [-0.05, 0) is 49.2 Å². The molecule has 10 nitrogen and oxygen atoms in total. The fourth-order valence-corrected chi connectivity index (χ4v) is 6.14. The summed E-state index contributed by atoms with van der Waals surface area (Å²) < 4.78 is 5.41. The largest absolute Gasteiger partial charge is 0.507 e. The Morgan fingerprint density at radius 3 is 2.15 bits per heavy atom. The number of carbonyl (C=O) groups excluding carboxylic acids is 4. The molecule has 2 atom stereocenters. The minimum Gasteiger partial charge on any atom is -0.507 e. The van der Waals surface area contributed by atoms with Crippen LogP contribution < -0.4 is 0 Å². The number of aryl methyl sites for hydroxylation is 2. The molecular weight excluding hydrogens is 532 g/mol. The molecule has 0 amide bonds. The van der Waals surface area contributed by atoms with Crippen LogP contribution in [-0.2, 0) is 15.1 Å². The summed E-state index contributed by atoms with van der Waals surface area (Å²) in [4.78, 5) is 54.9. The maximum absolute atomic E-state index is 13.9. The van der Waals surface area contributed by atoms with Crippen LogP contribution in [-0.4, -0.2) is 61.9 Å². The summed E-state index contributed by atoms with van der Waals surface area (Å²) in [6.45, 7) is 2.97. The Balaban J connectivity index is 1.69. The fourth-order valence-electron chi connectivity index (χ4n) is 6.14. The molecule has 41 heavy (non-hydrogen) atoms. The molecule has 2 unspecified atom stereocenters. The van der Waals surface area contributed by atoms with Crippen LogP contribution in [0.3, 0.4) is 0 Å². The van der Waals surface area contributed by atoms with Crippen LogP contribution in [0.4, 0.5) is 0 Å². The number of aliphatic hydroxyl groups excluding tert-OH is 1. The van der Waals surface area contributed by atoms with Gasteiger partial charge in [0.25, 0.3) is 0 Å². The number of ether oxygens (including phenoxy) is 1. The first-order valence-electron chi connectivity index (χ1n) is 12.5. The van der Waals surface area contributed by atoms with Gasteiger partial charge in [-0.3, -0.25) is 19.2 Å². The Kier molecular flexibility index (Phi) is 5.41. The first kappa shape index (κ1) is 26.2. The first-order chi connectivity index (χ1) is 19.3. The Bertz CT molecular complexity index is 1880. The van der Waals surface area contributed by atoms with Gasteiger partial charge in [0.2, 0.25) is 5.78 Å². The molecule has 0 aliphatic heterocycles. The predicted molar refractivity (Wildman–Crippen MR) is 142 cm³/mol. The standard InChI is InChI=1S/C31H22O10/c1-11-7-8-14-19(24(11)34)27(37)15-10-31(40,30(41-3)29(39)20(15)25(14)35)23-12(2)9-17(33)21-22(23)26(36)13-5-4-6-16(32)18(13)28(21)38/h4-10,30,32-35,40H,1-3H3. The van der Waals surface area contributed by atoms with Gasteiger partial charge in [0.05, 0.1) is 22.3 Å². The van der Waals surface area contributed by atoms with E-state index in [1.165, 1.54) is 37.3 Å². The smallest absolute Gasteiger partial charge is 0.201 e. The molecule has 0 saturated carbocycles. The molecular formula is C31H22O10. The highest BCUT2D eigenvalue weighted by atomic mass is 16.5. The molecule has 0 spiro atoms. The Morgan fingerprint density at radius 2 is 1.46 bits per heavy atom. The van der Waals surface area contributed by atoms with Crippen molar-refractivity contribution in [2.75, 3.05) is 7.11 Å². The Morgan fingerprint density at radius 1 is 0.756 bits per heavy atom. The van der Waals surface area contributed by atoms with Crippen molar-refractivity contribution in [3.05, 3.63) is 104 Å². The van der Waals surface area contributed by atoms with Crippen LogP contribution in [0.1, 0.15) is 64.5 Å². The number of hydrogen-bond donors (Lipinski definition) is 5. The maximum Gasteiger partial charge on any atom is 0.201 e. The Hall–Kier alpha value is -5.06. The van der Waals surface area contributed by atoms with E-state index in [0.29, 0.717) is 5.56 Å². The minimum absolute atomic E-state index is 0.0747. The molecule has 0 saturated heterocycles. The summed E-state index contributed by atoms with van der Waals surface area (Å²) in [7, 11) is 1.11. The molecule has 5 N–H and O–H groups in total. The van der Waals surface area contributed by atoms with E-state index in [1.807, 2.05) is 0 Å². The van der Waals surface area contributed by atoms with Gasteiger partial charge in [-0.1, -0.05) is 18.2 Å². The molecule has 0 fully saturated rings. The number of methoxy groups -OCH3 is 1. The zero-order valence-corrected chi connectivity index (χ0v) is 21.9. The van der Waals surface area contributed by atoms with E-state index < -0.39 is 80.1 Å². The monoisotopic (exact) mass is 554 g/mol. The zero-order chi connectivity index (χ0) is 29.7. The lowest BCUT2D eigenvalue weighted by Crippen LogP contribution is -2.51. The number of aromatic hydroxyl groups is 3. The van der Waals surface area contributed by atoms with Crippen molar-refractivity contribution < 1.29 is 49.4 Å². The molecule has 0 heterocycles. The highest BCUT2D eigenvalue weighted by Gasteiger charge is 2.54. The third-order valence-corrected chi connectivity index (χ3v) is 7.97. The van der Waals surface area contributed by atoms with Gasteiger partial charge in [0.1, 0.15) is 28.6 Å². The third kappa shape index (κ3) is 3.19. The van der Waals surface area contributed by atoms with Crippen molar-refractivity contribution in [3.63, 3.8) is 0 Å². The van der Waals surface area contributed by atoms with Crippen molar-refractivity contribution in [1.29, 1.82) is 0 Å². The number of benzene rings is 3. The second-order valence-electron chi connectivity index (χ2n) is 10.3. The molecule has 10 heteroatoms. The highest BCUT2D eigenvalue weighted by Crippen LogP contribution is 2.49. The van der Waals surface area contributed by atoms with Gasteiger partial charge in [-0.25, -0.2) is 0 Å². The van der Waals surface area contributed by atoms with Crippen LogP contribution in [0.2, 0.25) is 0 Å². The SMILES string of the molecule is COC1C(=O)C2=C(O)c3ccc(C)c(O)c3C(=O)C2=CC1(O)c1c(C)cc(O)c2c1C(=O)c1cccc(O)c1C2=O. The number of aliphatic hydroxyl groups is 2. The highest BCUT2D eigenvalue weighted by molar-refractivity contribution is 6.32. The summed E-state index contributed by atoms with van der Waals surface area (Å²) >= 11 is 0. The zero-order valence-electron chi connectivity index (χ0n) is 21.9. The first-order valence-corrected chi connectivity index (χ1v) is 12.5. The summed E-state index contributed by atoms with van der Waals surface area (Å²) in [5.74, 6) is -5.66. The van der Waals surface area contributed by atoms with E-state index in [9.17, 15) is 44.7 Å². The summed E-state index contributed by atoms with van der Waals surface area (Å²) in [5.41, 5.74) is -5.12. The van der Waals surface area contributed by atoms with Gasteiger partial charge in [-0.2, -0.15) is 0 Å². The lowest BCUT2D eigenvalue weighted by atomic mass is 9.67. The average Bonchev–Trinajstić information content (AvgIpc) is 2.91. The van der Waals surface area contributed by atoms with Crippen molar-refractivity contribution in [2.45, 2.75) is 25.6 Å². The molecule has 0 aromatic heterocycles. The van der Waals surface area contributed by atoms with E-state index in [0.717, 1.165) is 19.3 Å². The van der Waals surface area contributed by atoms with Crippen molar-refractivity contribution in [2.24, 2.45) is 0 Å². The van der Waals surface area contributed by atoms with Crippen LogP contribution in [0.5, 0.6) is 17.2 Å². The molecule has 3 aliphatic rings. The summed E-state index contributed by atoms with van der Waals surface area (Å²) in [5, 5.41) is 55.1. The van der Waals surface area contributed by atoms with E-state index in [2.05, 4.69) is 0 Å². The molecule has 0 bridgehead atoms. The lowest BCUT2D eigenvalue weighted by Gasteiger charge is -2.40. The second-order valence-corrected chi connectivity index (χ2v) is 10.3. The van der Waals surface area contributed by atoms with E-state index in [1.54, 1.807) is 6.92 Å². The van der Waals surface area contributed by atoms with Gasteiger partial charge in [-0.15, -0.1) is 0 Å². The number of rotatable bonds is 2. The normalized spacial score (nSPS) is 21.3. The Labute approximate surface area is 232 Å². The maximum atomic E-state index is 13.9. The number of hydrogen-bond acceptors (Lipinski definition) is 10. The number of allylic oxidation sites excluding steroid dienone is 1. The molecule has 3 aliphatic carbocycles. The number of phenolic OH excluding ortho intramolecular Hbond substituents is 3. The van der Waals surface area contributed by atoms with Gasteiger partial charge in [0, 0.05) is 34.9 Å². The number of Topliss-reactive ketones (excluding diaryl/α,β-unsaturated/α-hetero) is 2. The van der Waals surface area contributed by atoms with Crippen LogP contribution in [0.15, 0.2) is 53.6 Å². The third-order valence-electron chi connectivity index (χ3n) is 7.97. The summed E-state index contributed by atoms with van der Waals surface area (Å²) in [6.07, 6.45) is -0.839. The quantitative estimate of drug-likeness (QED) is 0.247. The number of phenols is 3. The average molecular weight is 555 g/mol. The van der Waals surface area contributed by atoms with E-state index in [4.69, 9.17) is 4.74 Å². The molecule has 6 rings (SSSR count). The predicted octanol–water partition coefficient (Wildman–Crippen LogP) is 3.07. The van der Waals surface area contributed by atoms with Crippen molar-refractivity contribution >= 4 is 28.9 Å². The number of carbonyl (C=O) groups is 4. The van der Waals surface area contributed by atoms with E-state index >= 15 is 0 Å². The number of ketones is 4. The number of fused-ring (bicyclic) bond motifs is 4. The molecule has 0 radical (unpaired) electrons. The van der Waals surface area contributed by atoms with Gasteiger partial charge >= 0.3 is 0 Å². The molecule has 3 aromatic rings. The topological polar surface area (TPSA) is 179 Å². The van der Waals surface area contributed by atoms with Crippen molar-refractivity contribution in [3.8, 4) is 17.2 Å². The minimum atomic E-state index is -2.57. The van der Waals surface area contributed by atoms with Gasteiger partial charge in [0.15, 0.2) is 23.5 Å². The summed E-state index contributed by atoms with van der Waals surface area (Å²) in [6, 6.07) is 7.84. The van der Waals surface area contributed by atoms with Crippen LogP contribution in [0.25, 0.3) is 5.76 Å². The van der Waals surface area contributed by atoms with Gasteiger partial charge < -0.3 is 30.3 Å². The molecule has 3 aromatic carbocycles. The van der Waals surface area contributed by atoms with Crippen molar-refractivity contribution in [1.82, 2.24) is 0 Å². The van der Waals surface area contributed by atoms with Crippen LogP contribution in [0, 0.1) is 13.8 Å². The fraction of sp³-hybridized carbons (Fsp3) is 0.161. The van der Waals surface area contributed by atoms with E-state index in [-0.39, 0.29) is 33.4 Å². The second kappa shape index (κ2) is 8.47. The lowest BCUT2D eigenvalue weighted by molar-refractivity contribution is -0.140. The van der Waals surface area contributed by atoms with Crippen LogP contribution >= 0.6 is 0 Å². The molecule has 206 valence electrons.